The highest BCUT2D eigenvalue weighted by Crippen LogP contribution is 2.23. The molecule has 102 valence electrons. The molecule has 1 aromatic carbocycles. The zero-order valence-electron chi connectivity index (χ0n) is 10.4. The van der Waals surface area contributed by atoms with Crippen LogP contribution in [-0.2, 0) is 10.3 Å². The summed E-state index contributed by atoms with van der Waals surface area (Å²) in [5.74, 6) is 0. The predicted octanol–water partition coefficient (Wildman–Crippen LogP) is 2.39. The van der Waals surface area contributed by atoms with E-state index in [0.29, 0.717) is 27.6 Å². The van der Waals surface area contributed by atoms with Crippen molar-refractivity contribution in [2.45, 2.75) is 12.5 Å². The molecule has 1 aliphatic carbocycles. The minimum absolute atomic E-state index is 0.315. The molecule has 0 fully saturated rings. The van der Waals surface area contributed by atoms with Crippen molar-refractivity contribution in [1.29, 1.82) is 5.26 Å². The number of benzene rings is 1. The van der Waals surface area contributed by atoms with Gasteiger partial charge in [0.25, 0.3) is 0 Å². The van der Waals surface area contributed by atoms with Gasteiger partial charge in [-0.3, -0.25) is 0 Å². The molecule has 20 heavy (non-hydrogen) atoms. The number of halogens is 1. The fraction of sp³-hybridized carbons (Fsp3) is 0.143. The highest BCUT2D eigenvalue weighted by Gasteiger charge is 2.14. The van der Waals surface area contributed by atoms with Crippen LogP contribution in [0.15, 0.2) is 48.2 Å². The van der Waals surface area contributed by atoms with Gasteiger partial charge in [-0.05, 0) is 18.2 Å². The van der Waals surface area contributed by atoms with Crippen LogP contribution in [0.2, 0.25) is 5.02 Å². The van der Waals surface area contributed by atoms with Gasteiger partial charge in [0.2, 0.25) is 10.3 Å². The lowest BCUT2D eigenvalue weighted by Crippen LogP contribution is -2.20. The lowest BCUT2D eigenvalue weighted by Gasteiger charge is -2.16. The first-order valence-electron chi connectivity index (χ1n) is 5.85. The zero-order valence-corrected chi connectivity index (χ0v) is 11.9. The van der Waals surface area contributed by atoms with Gasteiger partial charge in [0, 0.05) is 22.7 Å². The Morgan fingerprint density at radius 3 is 2.60 bits per heavy atom. The second-order valence-corrected chi connectivity index (χ2v) is 5.53. The van der Waals surface area contributed by atoms with E-state index in [1.54, 1.807) is 30.4 Å². The number of rotatable bonds is 3. The molecule has 0 saturated carbocycles. The van der Waals surface area contributed by atoms with E-state index >= 15 is 0 Å². The van der Waals surface area contributed by atoms with Crippen molar-refractivity contribution >= 4 is 26.8 Å². The molecular weight excluding hydrogens is 296 g/mol. The van der Waals surface area contributed by atoms with Crippen LogP contribution < -0.4 is 5.32 Å². The number of hydrogen-bond donors (Lipinski definition) is 1. The number of nitrogens with zero attached hydrogens (tertiary/aromatic N) is 1. The van der Waals surface area contributed by atoms with Crippen LogP contribution in [0.4, 0.5) is 0 Å². The number of allylic oxidation sites excluding steroid dienone is 3. The summed E-state index contributed by atoms with van der Waals surface area (Å²) in [6.07, 6.45) is 5.20. The minimum Gasteiger partial charge on any atom is -0.366 e. The van der Waals surface area contributed by atoms with Gasteiger partial charge in [-0.1, -0.05) is 35.9 Å². The summed E-state index contributed by atoms with van der Waals surface area (Å²) in [5.41, 5.74) is 1.39. The Morgan fingerprint density at radius 2 is 2.05 bits per heavy atom. The lowest BCUT2D eigenvalue weighted by atomic mass is 10.1. The van der Waals surface area contributed by atoms with E-state index in [1.165, 1.54) is 6.08 Å². The van der Waals surface area contributed by atoms with Gasteiger partial charge < -0.3 is 5.32 Å². The first-order valence-corrected chi connectivity index (χ1v) is 7.31. The minimum atomic E-state index is -2.20. The van der Waals surface area contributed by atoms with Gasteiger partial charge in [0.15, 0.2) is 0 Å². The van der Waals surface area contributed by atoms with Crippen LogP contribution in [0, 0.1) is 11.3 Å². The summed E-state index contributed by atoms with van der Waals surface area (Å²) in [6, 6.07) is 8.67. The molecule has 0 aromatic heterocycles. The molecule has 0 amide bonds. The highest BCUT2D eigenvalue weighted by molar-refractivity contribution is 7.73. The van der Waals surface area contributed by atoms with Gasteiger partial charge in [0.1, 0.15) is 6.04 Å². The molecule has 0 saturated heterocycles. The first-order chi connectivity index (χ1) is 9.61. The van der Waals surface area contributed by atoms with Crippen molar-refractivity contribution < 1.29 is 8.42 Å². The van der Waals surface area contributed by atoms with Crippen molar-refractivity contribution in [3.05, 3.63) is 58.8 Å². The fourth-order valence-corrected chi connectivity index (χ4v) is 2.46. The standard InChI is InChI=1S/C14H11ClN2O2S/c15-13-4-2-1-3-12(13)14(9-16)17-10-5-7-11(8-6-10)20(18)19/h1-7,14,17H,8H2. The number of nitrogens with one attached hydrogen (secondary N) is 1. The molecule has 4 nitrogen and oxygen atoms in total. The molecule has 6 heteroatoms. The topological polar surface area (TPSA) is 70.0 Å². The van der Waals surface area contributed by atoms with Crippen molar-refractivity contribution in [1.82, 2.24) is 5.32 Å². The van der Waals surface area contributed by atoms with E-state index in [1.807, 2.05) is 6.07 Å². The Bertz CT molecular complexity index is 750. The van der Waals surface area contributed by atoms with E-state index in [2.05, 4.69) is 11.4 Å². The third kappa shape index (κ3) is 3.29. The molecule has 0 spiro atoms. The molecule has 1 N–H and O–H groups in total. The SMILES string of the molecule is N#CC(NC1=CCC(=S(=O)=O)C=C1)c1ccccc1Cl. The molecule has 1 atom stereocenters. The summed E-state index contributed by atoms with van der Waals surface area (Å²) in [5, 5.41) is 12.8. The van der Waals surface area contributed by atoms with Gasteiger partial charge >= 0.3 is 0 Å². The maximum absolute atomic E-state index is 10.8. The molecule has 0 heterocycles. The van der Waals surface area contributed by atoms with Crippen LogP contribution in [0.25, 0.3) is 0 Å². The molecular formula is C14H11ClN2O2S. The van der Waals surface area contributed by atoms with Crippen molar-refractivity contribution in [3.8, 4) is 6.07 Å². The second kappa shape index (κ2) is 6.42. The van der Waals surface area contributed by atoms with Gasteiger partial charge in [-0.25, -0.2) is 0 Å². The average molecular weight is 307 g/mol. The maximum atomic E-state index is 10.8. The molecule has 1 aliphatic rings. The van der Waals surface area contributed by atoms with Crippen LogP contribution >= 0.6 is 11.6 Å². The number of hydrogen-bond acceptors (Lipinski definition) is 4. The van der Waals surface area contributed by atoms with Crippen molar-refractivity contribution in [3.63, 3.8) is 0 Å². The van der Waals surface area contributed by atoms with Crippen LogP contribution in [0.3, 0.4) is 0 Å². The normalized spacial score (nSPS) is 15.2. The smallest absolute Gasteiger partial charge is 0.217 e. The summed E-state index contributed by atoms with van der Waals surface area (Å²) in [4.78, 5) is 0.321. The van der Waals surface area contributed by atoms with Gasteiger partial charge in [-0.2, -0.15) is 13.7 Å². The predicted molar refractivity (Wildman–Crippen MR) is 78.7 cm³/mol. The molecule has 0 radical (unpaired) electrons. The van der Waals surface area contributed by atoms with E-state index in [-0.39, 0.29) is 0 Å². The van der Waals surface area contributed by atoms with Crippen LogP contribution in [-0.4, -0.2) is 13.3 Å². The van der Waals surface area contributed by atoms with Crippen LogP contribution in [0.5, 0.6) is 0 Å². The molecule has 1 unspecified atom stereocenters. The van der Waals surface area contributed by atoms with E-state index in [0.717, 1.165) is 0 Å². The third-order valence-corrected chi connectivity index (χ3v) is 3.92. The molecule has 1 aromatic rings. The summed E-state index contributed by atoms with van der Waals surface area (Å²) < 4.78 is 21.6. The Balaban J connectivity index is 2.18. The Labute approximate surface area is 123 Å². The fourth-order valence-electron chi connectivity index (χ4n) is 1.82. The van der Waals surface area contributed by atoms with Crippen molar-refractivity contribution in [2.75, 3.05) is 0 Å². The maximum Gasteiger partial charge on any atom is 0.217 e. The lowest BCUT2D eigenvalue weighted by molar-refractivity contribution is 0.627. The Hall–Kier alpha value is -2.03. The quantitative estimate of drug-likeness (QED) is 0.871. The van der Waals surface area contributed by atoms with E-state index in [4.69, 9.17) is 11.6 Å². The highest BCUT2D eigenvalue weighted by atomic mass is 35.5. The molecule has 0 bridgehead atoms. The van der Waals surface area contributed by atoms with E-state index < -0.39 is 16.3 Å². The van der Waals surface area contributed by atoms with E-state index in [9.17, 15) is 13.7 Å². The largest absolute Gasteiger partial charge is 0.366 e. The third-order valence-electron chi connectivity index (χ3n) is 2.84. The summed E-state index contributed by atoms with van der Waals surface area (Å²) >= 11 is 6.07. The van der Waals surface area contributed by atoms with Crippen molar-refractivity contribution in [2.24, 2.45) is 0 Å². The summed E-state index contributed by atoms with van der Waals surface area (Å²) in [7, 11) is -2.20. The second-order valence-electron chi connectivity index (χ2n) is 4.13. The Morgan fingerprint density at radius 1 is 1.30 bits per heavy atom. The van der Waals surface area contributed by atoms with Crippen LogP contribution in [0.1, 0.15) is 18.0 Å². The van der Waals surface area contributed by atoms with Gasteiger partial charge in [0.05, 0.1) is 10.9 Å². The monoisotopic (exact) mass is 306 g/mol. The average Bonchev–Trinajstić information content (AvgIpc) is 2.46. The zero-order chi connectivity index (χ0) is 14.5. The molecule has 0 aliphatic heterocycles. The summed E-state index contributed by atoms with van der Waals surface area (Å²) in [6.45, 7) is 0. The number of nitriles is 1. The Kier molecular flexibility index (Phi) is 4.61. The first kappa shape index (κ1) is 14.4. The molecule has 2 rings (SSSR count). The van der Waals surface area contributed by atoms with Gasteiger partial charge in [-0.15, -0.1) is 0 Å².